The number of ether oxygens (including phenoxy) is 3. The van der Waals surface area contributed by atoms with Crippen molar-refractivity contribution in [2.75, 3.05) is 59.5 Å². The number of nitrogens with one attached hydrogen (secondary N) is 1. The second-order valence-electron chi connectivity index (χ2n) is 11.2. The lowest BCUT2D eigenvalue weighted by Crippen LogP contribution is -2.28. The predicted molar refractivity (Wildman–Crippen MR) is 217 cm³/mol. The maximum absolute atomic E-state index is 11.7. The summed E-state index contributed by atoms with van der Waals surface area (Å²) < 4.78 is 14.6. The summed E-state index contributed by atoms with van der Waals surface area (Å²) in [5.41, 5.74) is 2.65. The molecule has 2 N–H and O–H groups in total. The van der Waals surface area contributed by atoms with Crippen LogP contribution in [0, 0.1) is 5.41 Å². The number of methoxy groups -OCH3 is 1. The molecule has 53 heavy (non-hydrogen) atoms. The Morgan fingerprint density at radius 3 is 1.70 bits per heavy atom. The van der Waals surface area contributed by atoms with Gasteiger partial charge < -0.3 is 34.4 Å². The number of allylic oxidation sites excluding steroid dienone is 3. The average molecular weight is 774 g/mol. The van der Waals surface area contributed by atoms with Gasteiger partial charge in [-0.15, -0.1) is 0 Å². The lowest BCUT2D eigenvalue weighted by atomic mass is 9.97. The van der Waals surface area contributed by atoms with Crippen molar-refractivity contribution in [3.05, 3.63) is 72.7 Å². The summed E-state index contributed by atoms with van der Waals surface area (Å²) in [5.74, 6) is -0.216. The van der Waals surface area contributed by atoms with Crippen molar-refractivity contribution in [3.63, 3.8) is 0 Å². The number of esters is 3. The number of hydrogen-bond acceptors (Lipinski definition) is 13. The molecule has 14 heteroatoms. The molecule has 1 aromatic rings. The largest absolute Gasteiger partial charge is 0.469 e. The van der Waals surface area contributed by atoms with Crippen LogP contribution in [-0.4, -0.2) is 110 Å². The monoisotopic (exact) mass is 773 g/mol. The normalized spacial score (nSPS) is 9.47. The van der Waals surface area contributed by atoms with E-state index >= 15 is 0 Å². The topological polar surface area (TPSA) is 169 Å². The average Bonchev–Trinajstić information content (AvgIpc) is 3.07. The molecule has 0 aliphatic carbocycles. The molecule has 0 radical (unpaired) electrons. The number of benzene rings is 1. The first kappa shape index (κ1) is 63.6. The fourth-order valence-electron chi connectivity index (χ4n) is 2.79. The Bertz CT molecular complexity index is 1220. The number of rotatable bonds is 17. The van der Waals surface area contributed by atoms with Crippen molar-refractivity contribution < 1.29 is 48.1 Å². The number of carbonyl (C=O) groups is 4. The molecule has 0 bridgehead atoms. The van der Waals surface area contributed by atoms with E-state index in [9.17, 15) is 24.3 Å². The second-order valence-corrected chi connectivity index (χ2v) is 12.3. The molecule has 0 aliphatic heterocycles. The van der Waals surface area contributed by atoms with E-state index in [4.69, 9.17) is 23.8 Å². The quantitative estimate of drug-likeness (QED) is 0.0987. The van der Waals surface area contributed by atoms with Gasteiger partial charge >= 0.3 is 24.1 Å². The first-order chi connectivity index (χ1) is 22.8. The molecule has 1 aromatic carbocycles. The predicted octanol–water partition coefficient (Wildman–Crippen LogP) is 6.60. The van der Waals surface area contributed by atoms with Gasteiger partial charge in [0, 0.05) is 56.2 Å². The molecule has 0 saturated carbocycles. The number of thioether (sulfide) groups is 1. The Kier molecular flexibility index (Phi) is 44.9. The molecule has 0 saturated heterocycles. The Balaban J connectivity index is -0.000000141. The second kappa shape index (κ2) is 37.4. The lowest BCUT2D eigenvalue weighted by molar-refractivity contribution is -0.191. The van der Waals surface area contributed by atoms with E-state index in [1.54, 1.807) is 40.0 Å². The highest BCUT2D eigenvalue weighted by Crippen LogP contribution is 2.23. The highest BCUT2D eigenvalue weighted by atomic mass is 32.2. The van der Waals surface area contributed by atoms with Crippen LogP contribution in [-0.2, 0) is 38.2 Å². The van der Waals surface area contributed by atoms with Crippen LogP contribution in [0.2, 0.25) is 0 Å². The van der Waals surface area contributed by atoms with Gasteiger partial charge in [0.1, 0.15) is 19.3 Å². The highest BCUT2D eigenvalue weighted by Gasteiger charge is 2.28. The van der Waals surface area contributed by atoms with Crippen LogP contribution < -0.4 is 5.32 Å². The zero-order valence-electron chi connectivity index (χ0n) is 30.5. The molecule has 0 aliphatic rings. The Morgan fingerprint density at radius 2 is 1.32 bits per heavy atom. The van der Waals surface area contributed by atoms with Crippen LogP contribution in [0.1, 0.15) is 87.5 Å². The SMILES string of the molecule is C.C.C.C.C=C(C)N(C)C(=O)c1ccccc1.C=C(C)N(C)CCC(=O)OCC(O)COC(=O)CCSCC(C)(C)C(=O)OC.C=C(C)NC.O=C=O. The maximum Gasteiger partial charge on any atom is 0.373 e. The summed E-state index contributed by atoms with van der Waals surface area (Å²) >= 11 is 1.45. The molecule has 0 spiro atoms. The molecule has 308 valence electrons. The molecule has 0 aromatic heterocycles. The van der Waals surface area contributed by atoms with Gasteiger partial charge in [0.05, 0.1) is 25.4 Å². The fourth-order valence-corrected chi connectivity index (χ4v) is 3.87. The molecular weight excluding hydrogens is 703 g/mol. The minimum absolute atomic E-state index is 0. The number of aliphatic hydroxyl groups excluding tert-OH is 1. The van der Waals surface area contributed by atoms with Crippen LogP contribution >= 0.6 is 11.8 Å². The molecule has 13 nitrogen and oxygen atoms in total. The number of carbonyl (C=O) groups excluding carboxylic acids is 6. The summed E-state index contributed by atoms with van der Waals surface area (Å²) in [6, 6.07) is 9.17. The van der Waals surface area contributed by atoms with Crippen LogP contribution in [0.4, 0.5) is 0 Å². The summed E-state index contributed by atoms with van der Waals surface area (Å²) in [4.78, 5) is 66.1. The Morgan fingerprint density at radius 1 is 0.887 bits per heavy atom. The molecule has 1 atom stereocenters. The third kappa shape index (κ3) is 35.8. The summed E-state index contributed by atoms with van der Waals surface area (Å²) in [5, 5.41) is 12.6. The van der Waals surface area contributed by atoms with E-state index in [1.165, 1.54) is 23.8 Å². The van der Waals surface area contributed by atoms with Crippen molar-refractivity contribution >= 4 is 41.7 Å². The standard InChI is InChI=1S/C19H33NO7S.C11H13NO.C4H9N.CO2.4CH4/c1-14(2)20(5)9-7-16(22)26-11-15(21)12-27-17(23)8-10-28-13-19(3,4)18(24)25-6;1-9(2)12(3)11(13)10-7-5-4-6-8-10;1-4(2)5-3;2-1-3;;;;/h15,21H,1,7-13H2,2-6H3;4-8H,1H2,2-3H3;5H,1H2,2-3H3;;4*1H4. The maximum atomic E-state index is 11.7. The number of aliphatic hydroxyl groups is 1. The van der Waals surface area contributed by atoms with Crippen molar-refractivity contribution in [2.24, 2.45) is 5.41 Å². The van der Waals surface area contributed by atoms with Crippen molar-refractivity contribution in [2.45, 2.75) is 83.3 Å². The first-order valence-electron chi connectivity index (χ1n) is 15.1. The zero-order valence-corrected chi connectivity index (χ0v) is 31.3. The zero-order chi connectivity index (χ0) is 38.6. The summed E-state index contributed by atoms with van der Waals surface area (Å²) in [7, 11) is 6.73. The van der Waals surface area contributed by atoms with Crippen LogP contribution in [0.5, 0.6) is 0 Å². The smallest absolute Gasteiger partial charge is 0.373 e. The van der Waals surface area contributed by atoms with Gasteiger partial charge in [-0.05, 0) is 52.4 Å². The van der Waals surface area contributed by atoms with Gasteiger partial charge in [-0.25, -0.2) is 0 Å². The molecule has 1 rings (SSSR count). The number of hydrogen-bond donors (Lipinski definition) is 2. The van der Waals surface area contributed by atoms with Gasteiger partial charge in [-0.1, -0.05) is 67.6 Å². The third-order valence-corrected chi connectivity index (χ3v) is 7.57. The minimum atomic E-state index is -1.07. The van der Waals surface area contributed by atoms with Crippen molar-refractivity contribution in [1.82, 2.24) is 15.1 Å². The van der Waals surface area contributed by atoms with E-state index in [0.29, 0.717) is 23.6 Å². The summed E-state index contributed by atoms with van der Waals surface area (Å²) in [6.45, 7) is 20.1. The van der Waals surface area contributed by atoms with Gasteiger partial charge in [-0.2, -0.15) is 21.4 Å². The number of amides is 1. The van der Waals surface area contributed by atoms with E-state index in [1.807, 2.05) is 51.0 Å². The van der Waals surface area contributed by atoms with E-state index in [-0.39, 0.29) is 73.8 Å². The van der Waals surface area contributed by atoms with E-state index in [2.05, 4.69) is 25.1 Å². The minimum Gasteiger partial charge on any atom is -0.469 e. The van der Waals surface area contributed by atoms with Crippen molar-refractivity contribution in [3.8, 4) is 0 Å². The molecule has 0 fully saturated rings. The molecular formula is C39H71N3O10S. The van der Waals surface area contributed by atoms with Gasteiger partial charge in [-0.3, -0.25) is 19.2 Å². The van der Waals surface area contributed by atoms with E-state index < -0.39 is 23.5 Å². The van der Waals surface area contributed by atoms with Crippen LogP contribution in [0.3, 0.4) is 0 Å². The van der Waals surface area contributed by atoms with Crippen molar-refractivity contribution in [1.29, 1.82) is 0 Å². The highest BCUT2D eigenvalue weighted by molar-refractivity contribution is 7.99. The Hall–Kier alpha value is -4.39. The summed E-state index contributed by atoms with van der Waals surface area (Å²) in [6.07, 6.45) is -0.492. The first-order valence-corrected chi connectivity index (χ1v) is 16.3. The Labute approximate surface area is 325 Å². The van der Waals surface area contributed by atoms with Gasteiger partial charge in [0.15, 0.2) is 0 Å². The third-order valence-electron chi connectivity index (χ3n) is 6.15. The van der Waals surface area contributed by atoms with Crippen LogP contribution in [0.25, 0.3) is 0 Å². The lowest BCUT2D eigenvalue weighted by Gasteiger charge is -2.20. The van der Waals surface area contributed by atoms with Crippen LogP contribution in [0.15, 0.2) is 67.2 Å². The van der Waals surface area contributed by atoms with E-state index in [0.717, 1.165) is 17.1 Å². The van der Waals surface area contributed by atoms with Gasteiger partial charge in [0.25, 0.3) is 5.91 Å². The molecule has 1 amide bonds. The van der Waals surface area contributed by atoms with Gasteiger partial charge in [0.2, 0.25) is 0 Å². The molecule has 1 unspecified atom stereocenters. The fraction of sp³-hybridized carbons (Fsp3) is 0.564. The number of nitrogens with zero attached hydrogens (tertiary/aromatic N) is 2. The molecule has 0 heterocycles.